The Kier molecular flexibility index (Phi) is 5.36. The molecule has 5 rings (SSSR count). The number of carbonyl (C=O) groups excluding carboxylic acids is 1. The first-order chi connectivity index (χ1) is 15.6. The number of hydrogen-bond donors (Lipinski definition) is 0. The first-order valence-corrected chi connectivity index (χ1v) is 10.6. The predicted molar refractivity (Wildman–Crippen MR) is 120 cm³/mol. The van der Waals surface area contributed by atoms with Gasteiger partial charge in [-0.15, -0.1) is 0 Å². The molecule has 162 valence electrons. The maximum absolute atomic E-state index is 13.5. The van der Waals surface area contributed by atoms with E-state index < -0.39 is 0 Å². The number of rotatable bonds is 4. The number of hydrogen-bond acceptors (Lipinski definition) is 4. The second-order valence-corrected chi connectivity index (χ2v) is 7.86. The summed E-state index contributed by atoms with van der Waals surface area (Å²) >= 11 is 6.28. The summed E-state index contributed by atoms with van der Waals surface area (Å²) in [4.78, 5) is 21.7. The molecule has 32 heavy (non-hydrogen) atoms. The number of amides is 1. The smallest absolute Gasteiger partial charge is 0.259 e. The van der Waals surface area contributed by atoms with Gasteiger partial charge in [-0.3, -0.25) is 4.79 Å². The molecule has 9 heteroatoms. The molecule has 0 N–H and O–H groups in total. The molecule has 0 unspecified atom stereocenters. The highest BCUT2D eigenvalue weighted by Gasteiger charge is 2.28. The number of halogens is 2. The Hall–Kier alpha value is -3.65. The molecule has 1 amide bonds. The lowest BCUT2D eigenvalue weighted by atomic mass is 10.2. The lowest BCUT2D eigenvalue weighted by Crippen LogP contribution is -2.49. The van der Waals surface area contributed by atoms with Crippen molar-refractivity contribution in [3.63, 3.8) is 0 Å². The molecule has 0 radical (unpaired) electrons. The van der Waals surface area contributed by atoms with E-state index in [1.165, 1.54) is 12.1 Å². The van der Waals surface area contributed by atoms with Crippen LogP contribution in [0.1, 0.15) is 10.4 Å². The van der Waals surface area contributed by atoms with E-state index in [2.05, 4.69) is 15.0 Å². The van der Waals surface area contributed by atoms with E-state index in [-0.39, 0.29) is 11.7 Å². The van der Waals surface area contributed by atoms with E-state index in [0.717, 1.165) is 5.82 Å². The van der Waals surface area contributed by atoms with Crippen molar-refractivity contribution in [1.82, 2.24) is 24.2 Å². The average molecular weight is 451 g/mol. The zero-order valence-corrected chi connectivity index (χ0v) is 17.9. The Morgan fingerprint density at radius 3 is 2.38 bits per heavy atom. The minimum Gasteiger partial charge on any atom is -0.352 e. The van der Waals surface area contributed by atoms with Crippen LogP contribution in [0.3, 0.4) is 0 Å². The summed E-state index contributed by atoms with van der Waals surface area (Å²) in [6.07, 6.45) is 7.00. The van der Waals surface area contributed by atoms with Gasteiger partial charge in [-0.25, -0.2) is 14.1 Å². The number of nitrogens with zero attached hydrogens (tertiary/aromatic N) is 6. The molecule has 0 spiro atoms. The Labute approximate surface area is 189 Å². The highest BCUT2D eigenvalue weighted by molar-refractivity contribution is 6.32. The van der Waals surface area contributed by atoms with Crippen LogP contribution in [0.2, 0.25) is 5.02 Å². The normalized spacial score (nSPS) is 14.1. The number of piperazine rings is 1. The second-order valence-electron chi connectivity index (χ2n) is 7.45. The molecule has 4 aromatic rings. The molecule has 1 aliphatic rings. The van der Waals surface area contributed by atoms with Crippen molar-refractivity contribution in [2.45, 2.75) is 0 Å². The van der Waals surface area contributed by atoms with Crippen molar-refractivity contribution in [3.8, 4) is 11.5 Å². The lowest BCUT2D eigenvalue weighted by molar-refractivity contribution is 0.0746. The zero-order valence-electron chi connectivity index (χ0n) is 17.1. The number of aromatic nitrogens is 4. The Morgan fingerprint density at radius 1 is 0.969 bits per heavy atom. The van der Waals surface area contributed by atoms with Gasteiger partial charge in [-0.2, -0.15) is 5.10 Å². The molecule has 0 bridgehead atoms. The fourth-order valence-electron chi connectivity index (χ4n) is 3.89. The lowest BCUT2D eigenvalue weighted by Gasteiger charge is -2.35. The summed E-state index contributed by atoms with van der Waals surface area (Å²) < 4.78 is 16.9. The topological polar surface area (TPSA) is 59.2 Å². The first kappa shape index (κ1) is 20.3. The number of carbonyl (C=O) groups is 1. The van der Waals surface area contributed by atoms with E-state index in [1.54, 1.807) is 35.3 Å². The zero-order chi connectivity index (χ0) is 22.1. The fourth-order valence-corrected chi connectivity index (χ4v) is 4.13. The number of benzene rings is 1. The van der Waals surface area contributed by atoms with Gasteiger partial charge in [0.05, 0.1) is 16.9 Å². The fraction of sp³-hybridized carbons (Fsp3) is 0.174. The van der Waals surface area contributed by atoms with Crippen LogP contribution < -0.4 is 4.90 Å². The molecule has 0 atom stereocenters. The largest absolute Gasteiger partial charge is 0.352 e. The maximum atomic E-state index is 13.5. The van der Waals surface area contributed by atoms with Crippen LogP contribution in [0.15, 0.2) is 73.3 Å². The third kappa shape index (κ3) is 3.73. The van der Waals surface area contributed by atoms with E-state index in [9.17, 15) is 9.18 Å². The minimum absolute atomic E-state index is 0.103. The maximum Gasteiger partial charge on any atom is 0.259 e. The SMILES string of the molecule is O=C(c1cnn(-c2ccc(F)cc2)c1-n1cccc1)N1CCN(c2ncccc2Cl)CC1. The molecule has 3 aromatic heterocycles. The van der Waals surface area contributed by atoms with Crippen LogP contribution in [-0.4, -0.2) is 56.3 Å². The van der Waals surface area contributed by atoms with Gasteiger partial charge in [-0.1, -0.05) is 11.6 Å². The molecule has 4 heterocycles. The van der Waals surface area contributed by atoms with Crippen molar-refractivity contribution in [2.75, 3.05) is 31.1 Å². The molecule has 0 saturated carbocycles. The molecule has 1 fully saturated rings. The van der Waals surface area contributed by atoms with Crippen LogP contribution in [0, 0.1) is 5.82 Å². The minimum atomic E-state index is -0.328. The standard InChI is InChI=1S/C23H20ClFN6O/c24-20-4-3-9-26-21(20)28-12-14-30(15-13-28)23(32)19-16-27-31(18-7-5-17(25)6-8-18)22(19)29-10-1-2-11-29/h1-11,16H,12-15H2. The molecular weight excluding hydrogens is 431 g/mol. The summed E-state index contributed by atoms with van der Waals surface area (Å²) in [6.45, 7) is 2.35. The molecule has 7 nitrogen and oxygen atoms in total. The summed E-state index contributed by atoms with van der Waals surface area (Å²) in [5, 5.41) is 5.05. The Bertz CT molecular complexity index is 1230. The predicted octanol–water partition coefficient (Wildman–Crippen LogP) is 3.81. The van der Waals surface area contributed by atoms with Crippen LogP contribution in [0.5, 0.6) is 0 Å². The quantitative estimate of drug-likeness (QED) is 0.474. The summed E-state index contributed by atoms with van der Waals surface area (Å²) in [7, 11) is 0. The van der Waals surface area contributed by atoms with Gasteiger partial charge in [0, 0.05) is 44.8 Å². The molecule has 1 aliphatic heterocycles. The van der Waals surface area contributed by atoms with Gasteiger partial charge >= 0.3 is 0 Å². The van der Waals surface area contributed by atoms with Crippen LogP contribution in [-0.2, 0) is 0 Å². The van der Waals surface area contributed by atoms with Crippen LogP contribution in [0.4, 0.5) is 10.2 Å². The number of anilines is 1. The van der Waals surface area contributed by atoms with Crippen molar-refractivity contribution >= 4 is 23.3 Å². The van der Waals surface area contributed by atoms with Gasteiger partial charge in [0.15, 0.2) is 5.82 Å². The van der Waals surface area contributed by atoms with E-state index in [4.69, 9.17) is 11.6 Å². The Balaban J connectivity index is 1.42. The molecule has 1 saturated heterocycles. The summed E-state index contributed by atoms with van der Waals surface area (Å²) in [6, 6.07) is 13.4. The average Bonchev–Trinajstić information content (AvgIpc) is 3.49. The number of pyridine rings is 1. The van der Waals surface area contributed by atoms with Gasteiger partial charge in [0.25, 0.3) is 5.91 Å². The molecule has 0 aliphatic carbocycles. The van der Waals surface area contributed by atoms with Crippen molar-refractivity contribution in [2.24, 2.45) is 0 Å². The first-order valence-electron chi connectivity index (χ1n) is 10.2. The van der Waals surface area contributed by atoms with E-state index in [0.29, 0.717) is 48.3 Å². The summed E-state index contributed by atoms with van der Waals surface area (Å²) in [5.41, 5.74) is 1.15. The van der Waals surface area contributed by atoms with Crippen molar-refractivity contribution in [3.05, 3.63) is 89.7 Å². The molecular formula is C23H20ClFN6O. The van der Waals surface area contributed by atoms with Crippen molar-refractivity contribution in [1.29, 1.82) is 0 Å². The van der Waals surface area contributed by atoms with E-state index >= 15 is 0 Å². The van der Waals surface area contributed by atoms with Gasteiger partial charge in [-0.05, 0) is 48.5 Å². The summed E-state index contributed by atoms with van der Waals surface area (Å²) in [5.74, 6) is 0.916. The van der Waals surface area contributed by atoms with Gasteiger partial charge in [0.2, 0.25) is 0 Å². The van der Waals surface area contributed by atoms with Crippen LogP contribution >= 0.6 is 11.6 Å². The van der Waals surface area contributed by atoms with Crippen molar-refractivity contribution < 1.29 is 9.18 Å². The van der Waals surface area contributed by atoms with Gasteiger partial charge in [0.1, 0.15) is 17.2 Å². The monoisotopic (exact) mass is 450 g/mol. The van der Waals surface area contributed by atoms with E-state index in [1.807, 2.05) is 40.1 Å². The third-order valence-corrected chi connectivity index (χ3v) is 5.79. The van der Waals surface area contributed by atoms with Gasteiger partial charge < -0.3 is 14.4 Å². The molecule has 1 aromatic carbocycles. The second kappa shape index (κ2) is 8.47. The Morgan fingerprint density at radius 2 is 1.69 bits per heavy atom. The van der Waals surface area contributed by atoms with Crippen LogP contribution in [0.25, 0.3) is 11.5 Å². The highest BCUT2D eigenvalue weighted by atomic mass is 35.5. The third-order valence-electron chi connectivity index (χ3n) is 5.50. The highest BCUT2D eigenvalue weighted by Crippen LogP contribution is 2.25.